The Hall–Kier alpha value is -1.40. The molecule has 3 aliphatic rings. The number of thioether (sulfide) groups is 1. The summed E-state index contributed by atoms with van der Waals surface area (Å²) in [7, 11) is 1.88. The van der Waals surface area contributed by atoms with Crippen molar-refractivity contribution in [2.24, 2.45) is 4.99 Å². The van der Waals surface area contributed by atoms with Crippen molar-refractivity contribution in [2.75, 3.05) is 51.3 Å². The van der Waals surface area contributed by atoms with Crippen molar-refractivity contribution < 1.29 is 4.74 Å². The fraction of sp³-hybridized carbons (Fsp3) is 0.682. The highest BCUT2D eigenvalue weighted by atomic mass is 32.2. The molecule has 6 heteroatoms. The van der Waals surface area contributed by atoms with Gasteiger partial charge in [0.05, 0.1) is 6.61 Å². The normalized spacial score (nSPS) is 22.0. The number of hydrogen-bond donors (Lipinski definition) is 2. The monoisotopic (exact) mass is 402 g/mol. The molecule has 0 aromatic heterocycles. The molecule has 2 heterocycles. The van der Waals surface area contributed by atoms with Crippen LogP contribution in [0.15, 0.2) is 23.2 Å². The maximum Gasteiger partial charge on any atom is 0.191 e. The number of ether oxygens (including phenoxy) is 1. The van der Waals surface area contributed by atoms with Crippen molar-refractivity contribution >= 4 is 17.7 Å². The van der Waals surface area contributed by atoms with Gasteiger partial charge in [0.1, 0.15) is 5.75 Å². The van der Waals surface area contributed by atoms with Gasteiger partial charge in [0.25, 0.3) is 0 Å². The van der Waals surface area contributed by atoms with Gasteiger partial charge in [-0.1, -0.05) is 25.0 Å². The summed E-state index contributed by atoms with van der Waals surface area (Å²) in [5, 5.41) is 7.16. The number of rotatable bonds is 6. The molecule has 1 saturated heterocycles. The first-order valence-electron chi connectivity index (χ1n) is 10.8. The Kier molecular flexibility index (Phi) is 6.68. The molecule has 154 valence electrons. The number of hydrogen-bond acceptors (Lipinski definition) is 4. The summed E-state index contributed by atoms with van der Waals surface area (Å²) in [5.41, 5.74) is 3.05. The molecule has 0 bridgehead atoms. The molecule has 0 radical (unpaired) electrons. The van der Waals surface area contributed by atoms with Gasteiger partial charge < -0.3 is 15.4 Å². The van der Waals surface area contributed by atoms with Crippen molar-refractivity contribution in [3.05, 3.63) is 29.3 Å². The van der Waals surface area contributed by atoms with Crippen LogP contribution < -0.4 is 15.4 Å². The Bertz CT molecular complexity index is 681. The zero-order valence-corrected chi connectivity index (χ0v) is 18.0. The third-order valence-corrected chi connectivity index (χ3v) is 7.43. The lowest BCUT2D eigenvalue weighted by molar-refractivity contribution is 0.107. The van der Waals surface area contributed by atoms with Crippen molar-refractivity contribution in [2.45, 2.75) is 44.1 Å². The summed E-state index contributed by atoms with van der Waals surface area (Å²) in [6, 6.07) is 6.59. The Morgan fingerprint density at radius 3 is 2.82 bits per heavy atom. The summed E-state index contributed by atoms with van der Waals surface area (Å²) in [4.78, 5) is 7.22. The highest BCUT2D eigenvalue weighted by Crippen LogP contribution is 2.36. The van der Waals surface area contributed by atoms with E-state index in [1.54, 1.807) is 0 Å². The van der Waals surface area contributed by atoms with Crippen LogP contribution >= 0.6 is 11.8 Å². The molecule has 0 atom stereocenters. The van der Waals surface area contributed by atoms with Gasteiger partial charge in [0.15, 0.2) is 5.96 Å². The topological polar surface area (TPSA) is 48.9 Å². The molecular formula is C22H34N4OS. The van der Waals surface area contributed by atoms with E-state index in [2.05, 4.69) is 50.5 Å². The Balaban J connectivity index is 1.27. The Labute approximate surface area is 173 Å². The summed E-state index contributed by atoms with van der Waals surface area (Å²) >= 11 is 2.10. The molecular weight excluding hydrogens is 368 g/mol. The number of benzene rings is 1. The van der Waals surface area contributed by atoms with E-state index in [-0.39, 0.29) is 0 Å². The Morgan fingerprint density at radius 2 is 2.04 bits per heavy atom. The van der Waals surface area contributed by atoms with E-state index in [1.807, 2.05) is 7.05 Å². The average Bonchev–Trinajstić information content (AvgIpc) is 3.41. The molecule has 1 saturated carbocycles. The van der Waals surface area contributed by atoms with Crippen molar-refractivity contribution in [1.29, 1.82) is 0 Å². The highest BCUT2D eigenvalue weighted by molar-refractivity contribution is 7.99. The quantitative estimate of drug-likeness (QED) is 0.566. The molecule has 2 fully saturated rings. The number of nitrogens with zero attached hydrogens (tertiary/aromatic N) is 2. The van der Waals surface area contributed by atoms with E-state index in [1.165, 1.54) is 61.4 Å². The zero-order chi connectivity index (χ0) is 19.2. The van der Waals surface area contributed by atoms with Gasteiger partial charge in [0, 0.05) is 56.7 Å². The SMILES string of the molecule is CN=C(NCCc1ccc2c(c1)CCO2)NCC1(N2CCSCC2)CCCC1. The summed E-state index contributed by atoms with van der Waals surface area (Å²) in [6.07, 6.45) is 7.40. The zero-order valence-electron chi connectivity index (χ0n) is 17.1. The fourth-order valence-electron chi connectivity index (χ4n) is 4.87. The van der Waals surface area contributed by atoms with Gasteiger partial charge in [-0.15, -0.1) is 0 Å². The second-order valence-corrected chi connectivity index (χ2v) is 9.40. The summed E-state index contributed by atoms with van der Waals surface area (Å²) < 4.78 is 5.60. The molecule has 1 aromatic carbocycles. The molecule has 1 aliphatic carbocycles. The second-order valence-electron chi connectivity index (χ2n) is 8.17. The van der Waals surface area contributed by atoms with E-state index < -0.39 is 0 Å². The van der Waals surface area contributed by atoms with Crippen LogP contribution in [0.25, 0.3) is 0 Å². The largest absolute Gasteiger partial charge is 0.493 e. The predicted molar refractivity (Wildman–Crippen MR) is 119 cm³/mol. The second kappa shape index (κ2) is 9.40. The minimum absolute atomic E-state index is 0.332. The molecule has 5 nitrogen and oxygen atoms in total. The third-order valence-electron chi connectivity index (χ3n) is 6.48. The maximum absolute atomic E-state index is 5.60. The number of guanidine groups is 1. The van der Waals surface area contributed by atoms with E-state index in [4.69, 9.17) is 4.74 Å². The standard InChI is InChI=1S/C22H34N4OS/c1-23-21(24-10-6-18-4-5-20-19(16-18)7-13-27-20)25-17-22(8-2-3-9-22)26-11-14-28-15-12-26/h4-5,16H,2-3,6-15,17H2,1H3,(H2,23,24,25). The fourth-order valence-corrected chi connectivity index (χ4v) is 5.77. The molecule has 2 N–H and O–H groups in total. The van der Waals surface area contributed by atoms with Gasteiger partial charge >= 0.3 is 0 Å². The first kappa shape index (κ1) is 19.9. The maximum atomic E-state index is 5.60. The molecule has 4 rings (SSSR count). The van der Waals surface area contributed by atoms with Crippen molar-refractivity contribution in [3.63, 3.8) is 0 Å². The van der Waals surface area contributed by atoms with Crippen LogP contribution in [0.5, 0.6) is 5.75 Å². The van der Waals surface area contributed by atoms with E-state index >= 15 is 0 Å². The smallest absolute Gasteiger partial charge is 0.191 e. The van der Waals surface area contributed by atoms with Crippen LogP contribution in [0.2, 0.25) is 0 Å². The number of fused-ring (bicyclic) bond motifs is 1. The molecule has 0 spiro atoms. The van der Waals surface area contributed by atoms with Crippen LogP contribution in [0, 0.1) is 0 Å². The summed E-state index contributed by atoms with van der Waals surface area (Å²) in [5.74, 6) is 4.55. The van der Waals surface area contributed by atoms with E-state index in [0.29, 0.717) is 5.54 Å². The number of nitrogens with one attached hydrogen (secondary N) is 2. The van der Waals surface area contributed by atoms with Gasteiger partial charge in [-0.05, 0) is 36.5 Å². The van der Waals surface area contributed by atoms with Crippen LogP contribution in [-0.2, 0) is 12.8 Å². The van der Waals surface area contributed by atoms with Crippen LogP contribution in [0.1, 0.15) is 36.8 Å². The van der Waals surface area contributed by atoms with Crippen LogP contribution in [0.4, 0.5) is 0 Å². The first-order chi connectivity index (χ1) is 13.8. The predicted octanol–water partition coefficient (Wildman–Crippen LogP) is 2.69. The highest BCUT2D eigenvalue weighted by Gasteiger charge is 2.39. The van der Waals surface area contributed by atoms with Gasteiger partial charge in [0.2, 0.25) is 0 Å². The molecule has 1 aromatic rings. The van der Waals surface area contributed by atoms with E-state index in [9.17, 15) is 0 Å². The third kappa shape index (κ3) is 4.60. The summed E-state index contributed by atoms with van der Waals surface area (Å²) in [6.45, 7) is 5.20. The lowest BCUT2D eigenvalue weighted by Gasteiger charge is -2.43. The lowest BCUT2D eigenvalue weighted by Crippen LogP contribution is -2.57. The molecule has 0 unspecified atom stereocenters. The first-order valence-corrected chi connectivity index (χ1v) is 12.0. The minimum Gasteiger partial charge on any atom is -0.493 e. The lowest BCUT2D eigenvalue weighted by atomic mass is 9.94. The Morgan fingerprint density at radius 1 is 1.21 bits per heavy atom. The van der Waals surface area contributed by atoms with Gasteiger partial charge in [-0.2, -0.15) is 11.8 Å². The molecule has 28 heavy (non-hydrogen) atoms. The van der Waals surface area contributed by atoms with Crippen LogP contribution in [0.3, 0.4) is 0 Å². The minimum atomic E-state index is 0.332. The molecule has 2 aliphatic heterocycles. The van der Waals surface area contributed by atoms with Crippen molar-refractivity contribution in [3.8, 4) is 5.75 Å². The van der Waals surface area contributed by atoms with Crippen LogP contribution in [-0.4, -0.2) is 67.7 Å². The number of aliphatic imine (C=N–C) groups is 1. The molecule has 0 amide bonds. The van der Waals surface area contributed by atoms with Gasteiger partial charge in [-0.3, -0.25) is 9.89 Å². The van der Waals surface area contributed by atoms with E-state index in [0.717, 1.165) is 44.2 Å². The van der Waals surface area contributed by atoms with Crippen molar-refractivity contribution in [1.82, 2.24) is 15.5 Å². The average molecular weight is 403 g/mol. The van der Waals surface area contributed by atoms with Gasteiger partial charge in [-0.25, -0.2) is 0 Å².